The van der Waals surface area contributed by atoms with Crippen molar-refractivity contribution in [3.8, 4) is 0 Å². The zero-order valence-electron chi connectivity index (χ0n) is 7.73. The minimum Gasteiger partial charge on any atom is -0.270 e. The van der Waals surface area contributed by atoms with E-state index in [9.17, 15) is 8.42 Å². The standard InChI is InChI=1S/C9H11BrO3S/c1-2-13-14(11,12)7-8-5-3-4-6-9(8)10/h3-6H,2,7H2,1H3. The molecule has 0 aliphatic carbocycles. The minimum absolute atomic E-state index is 0.0950. The maximum Gasteiger partial charge on any atom is 0.271 e. The lowest BCUT2D eigenvalue weighted by atomic mass is 10.2. The van der Waals surface area contributed by atoms with Gasteiger partial charge in [0.1, 0.15) is 5.75 Å². The van der Waals surface area contributed by atoms with Crippen molar-refractivity contribution >= 4 is 26.0 Å². The maximum atomic E-state index is 11.3. The van der Waals surface area contributed by atoms with E-state index < -0.39 is 10.1 Å². The number of rotatable bonds is 4. The van der Waals surface area contributed by atoms with Crippen LogP contribution in [-0.4, -0.2) is 15.0 Å². The summed E-state index contributed by atoms with van der Waals surface area (Å²) < 4.78 is 28.0. The average molecular weight is 279 g/mol. The lowest BCUT2D eigenvalue weighted by molar-refractivity contribution is 0.337. The third kappa shape index (κ3) is 3.40. The Morgan fingerprint density at radius 1 is 1.36 bits per heavy atom. The number of benzene rings is 1. The Kier molecular flexibility index (Phi) is 4.10. The third-order valence-corrected chi connectivity index (χ3v) is 3.62. The summed E-state index contributed by atoms with van der Waals surface area (Å²) in [6.45, 7) is 1.82. The molecule has 78 valence electrons. The van der Waals surface area contributed by atoms with E-state index in [1.165, 1.54) is 0 Å². The zero-order valence-corrected chi connectivity index (χ0v) is 10.1. The molecule has 0 radical (unpaired) electrons. The summed E-state index contributed by atoms with van der Waals surface area (Å²) in [5, 5.41) is 0. The van der Waals surface area contributed by atoms with E-state index in [2.05, 4.69) is 20.1 Å². The molecule has 0 aliphatic rings. The fraction of sp³-hybridized carbons (Fsp3) is 0.333. The Bertz CT molecular complexity index is 400. The molecule has 1 aromatic rings. The molecule has 0 atom stereocenters. The van der Waals surface area contributed by atoms with Gasteiger partial charge in [-0.25, -0.2) is 0 Å². The second-order valence-electron chi connectivity index (χ2n) is 2.70. The van der Waals surface area contributed by atoms with Crippen molar-refractivity contribution in [1.29, 1.82) is 0 Å². The lowest BCUT2D eigenvalue weighted by Crippen LogP contribution is -2.08. The predicted octanol–water partition coefficient (Wildman–Crippen LogP) is 2.32. The van der Waals surface area contributed by atoms with Gasteiger partial charge in [0, 0.05) is 4.47 Å². The molecule has 0 amide bonds. The van der Waals surface area contributed by atoms with Crippen LogP contribution in [0.3, 0.4) is 0 Å². The van der Waals surface area contributed by atoms with Crippen LogP contribution in [-0.2, 0) is 20.1 Å². The third-order valence-electron chi connectivity index (χ3n) is 1.59. The monoisotopic (exact) mass is 278 g/mol. The van der Waals surface area contributed by atoms with Crippen LogP contribution < -0.4 is 0 Å². The molecule has 3 nitrogen and oxygen atoms in total. The second-order valence-corrected chi connectivity index (χ2v) is 5.19. The normalized spacial score (nSPS) is 11.6. The molecule has 1 aromatic carbocycles. The fourth-order valence-corrected chi connectivity index (χ4v) is 2.71. The molecular formula is C9H11BrO3S. The Morgan fingerprint density at radius 3 is 2.57 bits per heavy atom. The van der Waals surface area contributed by atoms with Gasteiger partial charge in [-0.3, -0.25) is 4.18 Å². The SMILES string of the molecule is CCOS(=O)(=O)Cc1ccccc1Br. The van der Waals surface area contributed by atoms with Gasteiger partial charge in [-0.05, 0) is 18.6 Å². The summed E-state index contributed by atoms with van der Waals surface area (Å²) in [6, 6.07) is 7.18. The van der Waals surface area contributed by atoms with Crippen LogP contribution in [0.2, 0.25) is 0 Å². The Morgan fingerprint density at radius 2 is 2.00 bits per heavy atom. The first-order valence-electron chi connectivity index (χ1n) is 4.15. The van der Waals surface area contributed by atoms with E-state index in [-0.39, 0.29) is 12.4 Å². The van der Waals surface area contributed by atoms with Gasteiger partial charge >= 0.3 is 0 Å². The second kappa shape index (κ2) is 4.91. The van der Waals surface area contributed by atoms with Crippen LogP contribution in [0.1, 0.15) is 12.5 Å². The minimum atomic E-state index is -3.44. The molecule has 14 heavy (non-hydrogen) atoms. The fourth-order valence-electron chi connectivity index (χ4n) is 1.03. The lowest BCUT2D eigenvalue weighted by Gasteiger charge is -2.04. The highest BCUT2D eigenvalue weighted by molar-refractivity contribution is 9.10. The van der Waals surface area contributed by atoms with Gasteiger partial charge in [-0.15, -0.1) is 0 Å². The largest absolute Gasteiger partial charge is 0.271 e. The predicted molar refractivity (Wildman–Crippen MR) is 58.4 cm³/mol. The number of hydrogen-bond acceptors (Lipinski definition) is 3. The van der Waals surface area contributed by atoms with E-state index >= 15 is 0 Å². The Labute approximate surface area is 92.3 Å². The van der Waals surface area contributed by atoms with Crippen molar-refractivity contribution in [2.45, 2.75) is 12.7 Å². The number of halogens is 1. The summed E-state index contributed by atoms with van der Waals surface area (Å²) in [5.74, 6) is -0.0950. The van der Waals surface area contributed by atoms with Crippen molar-refractivity contribution < 1.29 is 12.6 Å². The summed E-state index contributed by atoms with van der Waals surface area (Å²) in [7, 11) is -3.44. The van der Waals surface area contributed by atoms with Crippen molar-refractivity contribution in [2.75, 3.05) is 6.61 Å². The molecule has 0 fully saturated rings. The molecule has 0 bridgehead atoms. The molecule has 0 aromatic heterocycles. The highest BCUT2D eigenvalue weighted by Gasteiger charge is 2.12. The molecule has 0 heterocycles. The Hall–Kier alpha value is -0.390. The first-order chi connectivity index (χ1) is 6.55. The zero-order chi connectivity index (χ0) is 10.6. The highest BCUT2D eigenvalue weighted by Crippen LogP contribution is 2.18. The van der Waals surface area contributed by atoms with Gasteiger partial charge in [0.05, 0.1) is 6.61 Å². The van der Waals surface area contributed by atoms with Crippen LogP contribution in [0, 0.1) is 0 Å². The van der Waals surface area contributed by atoms with E-state index in [1.807, 2.05) is 6.07 Å². The maximum absolute atomic E-state index is 11.3. The molecule has 0 unspecified atom stereocenters. The smallest absolute Gasteiger partial charge is 0.270 e. The van der Waals surface area contributed by atoms with Gasteiger partial charge < -0.3 is 0 Å². The van der Waals surface area contributed by atoms with Crippen LogP contribution in [0.15, 0.2) is 28.7 Å². The molecule has 0 aliphatic heterocycles. The van der Waals surface area contributed by atoms with E-state index in [0.717, 1.165) is 4.47 Å². The van der Waals surface area contributed by atoms with Crippen LogP contribution in [0.4, 0.5) is 0 Å². The van der Waals surface area contributed by atoms with Crippen LogP contribution >= 0.6 is 15.9 Å². The van der Waals surface area contributed by atoms with Gasteiger partial charge in [-0.1, -0.05) is 34.1 Å². The molecule has 0 saturated heterocycles. The summed E-state index contributed by atoms with van der Waals surface area (Å²) in [5.41, 5.74) is 0.709. The van der Waals surface area contributed by atoms with Crippen LogP contribution in [0.5, 0.6) is 0 Å². The highest BCUT2D eigenvalue weighted by atomic mass is 79.9. The summed E-state index contributed by atoms with van der Waals surface area (Å²) in [6.07, 6.45) is 0. The van der Waals surface area contributed by atoms with E-state index in [4.69, 9.17) is 0 Å². The molecule has 1 rings (SSSR count). The van der Waals surface area contributed by atoms with E-state index in [0.29, 0.717) is 5.56 Å². The van der Waals surface area contributed by atoms with Gasteiger partial charge in [0.25, 0.3) is 10.1 Å². The molecule has 0 spiro atoms. The molecule has 0 N–H and O–H groups in total. The average Bonchev–Trinajstić information content (AvgIpc) is 2.08. The van der Waals surface area contributed by atoms with Gasteiger partial charge in [0.15, 0.2) is 0 Å². The molecule has 0 saturated carbocycles. The van der Waals surface area contributed by atoms with Crippen molar-refractivity contribution in [3.05, 3.63) is 34.3 Å². The quantitative estimate of drug-likeness (QED) is 0.794. The molecule has 5 heteroatoms. The first-order valence-corrected chi connectivity index (χ1v) is 6.52. The summed E-state index contributed by atoms with van der Waals surface area (Å²) >= 11 is 3.28. The summed E-state index contributed by atoms with van der Waals surface area (Å²) in [4.78, 5) is 0. The van der Waals surface area contributed by atoms with Crippen LogP contribution in [0.25, 0.3) is 0 Å². The Balaban J connectivity index is 2.84. The molecular weight excluding hydrogens is 268 g/mol. The number of hydrogen-bond donors (Lipinski definition) is 0. The topological polar surface area (TPSA) is 43.4 Å². The first kappa shape index (κ1) is 11.7. The van der Waals surface area contributed by atoms with Gasteiger partial charge in [0.2, 0.25) is 0 Å². The van der Waals surface area contributed by atoms with Gasteiger partial charge in [-0.2, -0.15) is 8.42 Å². The van der Waals surface area contributed by atoms with Crippen molar-refractivity contribution in [3.63, 3.8) is 0 Å². The van der Waals surface area contributed by atoms with E-state index in [1.54, 1.807) is 25.1 Å². The van der Waals surface area contributed by atoms with Crippen molar-refractivity contribution in [1.82, 2.24) is 0 Å². The van der Waals surface area contributed by atoms with Crippen molar-refractivity contribution in [2.24, 2.45) is 0 Å².